The van der Waals surface area contributed by atoms with Crippen LogP contribution >= 0.6 is 11.6 Å². The summed E-state index contributed by atoms with van der Waals surface area (Å²) in [5, 5.41) is 1.67. The highest BCUT2D eigenvalue weighted by Gasteiger charge is 2.09. The number of nitrogen functional groups attached to an aromatic ring is 1. The van der Waals surface area contributed by atoms with Crippen molar-refractivity contribution in [2.75, 3.05) is 5.73 Å². The van der Waals surface area contributed by atoms with E-state index in [1.165, 1.54) is 0 Å². The van der Waals surface area contributed by atoms with Crippen molar-refractivity contribution in [1.29, 1.82) is 0 Å². The number of halogens is 1. The zero-order valence-electron chi connectivity index (χ0n) is 12.1. The normalized spacial score (nSPS) is 11.4. The van der Waals surface area contributed by atoms with Gasteiger partial charge in [-0.1, -0.05) is 35.9 Å². The number of carbonyl (C=O) groups excluding carboxylic acids is 1. The summed E-state index contributed by atoms with van der Waals surface area (Å²) in [6, 6.07) is 13.1. The Morgan fingerprint density at radius 3 is 2.55 bits per heavy atom. The molecule has 0 aliphatic carbocycles. The molecule has 0 amide bonds. The summed E-state index contributed by atoms with van der Waals surface area (Å²) in [5.74, 6) is -0.0269. The van der Waals surface area contributed by atoms with Crippen LogP contribution in [0.5, 0.6) is 0 Å². The number of rotatable bonds is 2. The van der Waals surface area contributed by atoms with Gasteiger partial charge in [-0.15, -0.1) is 0 Å². The molecule has 0 aliphatic rings. The lowest BCUT2D eigenvalue weighted by atomic mass is 10.1. The van der Waals surface area contributed by atoms with Crippen LogP contribution in [0.4, 0.5) is 5.69 Å². The summed E-state index contributed by atoms with van der Waals surface area (Å²) in [6.45, 7) is 1.54. The molecule has 3 aromatic rings. The predicted molar refractivity (Wildman–Crippen MR) is 93.0 cm³/mol. The molecular weight excluding hydrogens is 296 g/mol. The van der Waals surface area contributed by atoms with E-state index in [0.717, 1.165) is 22.0 Å². The van der Waals surface area contributed by atoms with Gasteiger partial charge in [0.1, 0.15) is 0 Å². The van der Waals surface area contributed by atoms with Gasteiger partial charge in [0.25, 0.3) is 0 Å². The molecule has 0 spiro atoms. The average Bonchev–Trinajstić information content (AvgIpc) is 2.85. The Morgan fingerprint density at radius 1 is 1.14 bits per heavy atom. The molecule has 0 atom stereocenters. The minimum Gasteiger partial charge on any atom is -0.399 e. The van der Waals surface area contributed by atoms with Gasteiger partial charge in [0, 0.05) is 34.8 Å². The second kappa shape index (κ2) is 5.70. The molecule has 0 saturated heterocycles. The van der Waals surface area contributed by atoms with Gasteiger partial charge >= 0.3 is 0 Å². The fraction of sp³-hybridized carbons (Fsp3) is 0.0556. The van der Waals surface area contributed by atoms with E-state index in [4.69, 9.17) is 17.3 Å². The van der Waals surface area contributed by atoms with Gasteiger partial charge in [-0.25, -0.2) is 0 Å². The van der Waals surface area contributed by atoms with E-state index in [9.17, 15) is 4.79 Å². The van der Waals surface area contributed by atoms with Gasteiger partial charge in [-0.2, -0.15) is 0 Å². The highest BCUT2D eigenvalue weighted by molar-refractivity contribution is 6.30. The lowest BCUT2D eigenvalue weighted by molar-refractivity contribution is 0.0941. The molecule has 1 heterocycles. The lowest BCUT2D eigenvalue weighted by Gasteiger charge is -1.99. The first-order chi connectivity index (χ1) is 10.5. The molecule has 110 valence electrons. The first kappa shape index (κ1) is 14.4. The second-order valence-corrected chi connectivity index (χ2v) is 5.57. The van der Waals surface area contributed by atoms with Gasteiger partial charge in [-0.05, 0) is 35.9 Å². The van der Waals surface area contributed by atoms with E-state index in [1.54, 1.807) is 17.6 Å². The first-order valence-corrected chi connectivity index (χ1v) is 7.27. The molecule has 4 heteroatoms. The van der Waals surface area contributed by atoms with Gasteiger partial charge < -0.3 is 5.73 Å². The fourth-order valence-electron chi connectivity index (χ4n) is 2.43. The van der Waals surface area contributed by atoms with Crippen LogP contribution in [0.2, 0.25) is 5.02 Å². The van der Waals surface area contributed by atoms with Gasteiger partial charge in [-0.3, -0.25) is 9.36 Å². The molecule has 3 nitrogen and oxygen atoms in total. The van der Waals surface area contributed by atoms with Crippen LogP contribution in [0.3, 0.4) is 0 Å². The van der Waals surface area contributed by atoms with Crippen molar-refractivity contribution < 1.29 is 4.79 Å². The van der Waals surface area contributed by atoms with Crippen molar-refractivity contribution in [3.05, 3.63) is 64.8 Å². The molecule has 0 bridgehead atoms. The summed E-state index contributed by atoms with van der Waals surface area (Å²) in [6.07, 6.45) is 5.79. The van der Waals surface area contributed by atoms with Crippen LogP contribution in [0, 0.1) is 0 Å². The fourth-order valence-corrected chi connectivity index (χ4v) is 2.55. The number of hydrogen-bond donors (Lipinski definition) is 1. The van der Waals surface area contributed by atoms with Crippen LogP contribution in [-0.4, -0.2) is 10.5 Å². The molecule has 0 aliphatic heterocycles. The van der Waals surface area contributed by atoms with E-state index in [0.29, 0.717) is 10.7 Å². The lowest BCUT2D eigenvalue weighted by Crippen LogP contribution is -2.02. The van der Waals surface area contributed by atoms with Crippen molar-refractivity contribution >= 4 is 46.3 Å². The second-order valence-electron chi connectivity index (χ2n) is 5.13. The molecule has 3 rings (SSSR count). The largest absolute Gasteiger partial charge is 0.399 e. The third-order valence-corrected chi connectivity index (χ3v) is 3.78. The summed E-state index contributed by atoms with van der Waals surface area (Å²) >= 11 is 5.88. The Morgan fingerprint density at radius 2 is 1.86 bits per heavy atom. The van der Waals surface area contributed by atoms with Crippen LogP contribution in [0.25, 0.3) is 23.1 Å². The number of anilines is 1. The zero-order valence-corrected chi connectivity index (χ0v) is 12.8. The molecule has 0 fully saturated rings. The van der Waals surface area contributed by atoms with Crippen molar-refractivity contribution in [2.45, 2.75) is 6.92 Å². The van der Waals surface area contributed by atoms with Gasteiger partial charge in [0.2, 0.25) is 5.91 Å². The number of nitrogens with two attached hydrogens (primary N) is 1. The minimum atomic E-state index is -0.0269. The standard InChI is InChI=1S/C18H15ClN2O/c1-12(22)21-11-14(17-10-16(20)8-9-18(17)21)5-2-13-3-6-15(19)7-4-13/h2-11H,20H2,1H3/b5-2+. The van der Waals surface area contributed by atoms with E-state index >= 15 is 0 Å². The first-order valence-electron chi connectivity index (χ1n) is 6.90. The molecular formula is C18H15ClN2O. The highest BCUT2D eigenvalue weighted by atomic mass is 35.5. The van der Waals surface area contributed by atoms with Crippen molar-refractivity contribution in [3.63, 3.8) is 0 Å². The number of nitrogens with zero attached hydrogens (tertiary/aromatic N) is 1. The number of aromatic nitrogens is 1. The Bertz CT molecular complexity index is 876. The van der Waals surface area contributed by atoms with Crippen LogP contribution in [0.1, 0.15) is 22.8 Å². The highest BCUT2D eigenvalue weighted by Crippen LogP contribution is 2.25. The van der Waals surface area contributed by atoms with E-state index in [1.807, 2.05) is 54.7 Å². The summed E-state index contributed by atoms with van der Waals surface area (Å²) in [5.41, 5.74) is 9.39. The third kappa shape index (κ3) is 2.76. The number of hydrogen-bond acceptors (Lipinski definition) is 2. The Balaban J connectivity index is 2.08. The SMILES string of the molecule is CC(=O)n1cc(/C=C/c2ccc(Cl)cc2)c2cc(N)ccc21. The molecule has 2 aromatic carbocycles. The maximum Gasteiger partial charge on any atom is 0.227 e. The monoisotopic (exact) mass is 310 g/mol. The van der Waals surface area contributed by atoms with Crippen LogP contribution in [-0.2, 0) is 0 Å². The maximum absolute atomic E-state index is 11.8. The van der Waals surface area contributed by atoms with E-state index in [-0.39, 0.29) is 5.91 Å². The molecule has 0 unspecified atom stereocenters. The van der Waals surface area contributed by atoms with Gasteiger partial charge in [0.05, 0.1) is 5.52 Å². The Labute approximate surface area is 133 Å². The van der Waals surface area contributed by atoms with Gasteiger partial charge in [0.15, 0.2) is 0 Å². The van der Waals surface area contributed by atoms with Crippen molar-refractivity contribution in [2.24, 2.45) is 0 Å². The average molecular weight is 311 g/mol. The minimum absolute atomic E-state index is 0.0269. The number of fused-ring (bicyclic) bond motifs is 1. The topological polar surface area (TPSA) is 48.0 Å². The summed E-state index contributed by atoms with van der Waals surface area (Å²) < 4.78 is 1.64. The Kier molecular flexibility index (Phi) is 3.73. The third-order valence-electron chi connectivity index (χ3n) is 3.52. The predicted octanol–water partition coefficient (Wildman–Crippen LogP) is 4.71. The smallest absolute Gasteiger partial charge is 0.227 e. The molecule has 0 radical (unpaired) electrons. The quantitative estimate of drug-likeness (QED) is 0.697. The van der Waals surface area contributed by atoms with Crippen molar-refractivity contribution in [3.8, 4) is 0 Å². The molecule has 2 N–H and O–H groups in total. The van der Waals surface area contributed by atoms with Crippen LogP contribution in [0.15, 0.2) is 48.7 Å². The maximum atomic E-state index is 11.8. The molecule has 0 saturated carbocycles. The zero-order chi connectivity index (χ0) is 15.7. The number of carbonyl (C=O) groups is 1. The van der Waals surface area contributed by atoms with E-state index in [2.05, 4.69) is 0 Å². The van der Waals surface area contributed by atoms with E-state index < -0.39 is 0 Å². The van der Waals surface area contributed by atoms with Crippen LogP contribution < -0.4 is 5.73 Å². The Hall–Kier alpha value is -2.52. The number of benzene rings is 2. The van der Waals surface area contributed by atoms with Crippen molar-refractivity contribution in [1.82, 2.24) is 4.57 Å². The molecule has 22 heavy (non-hydrogen) atoms. The molecule has 1 aromatic heterocycles. The summed E-state index contributed by atoms with van der Waals surface area (Å²) in [4.78, 5) is 11.8. The summed E-state index contributed by atoms with van der Waals surface area (Å²) in [7, 11) is 0.